The molecule has 0 spiro atoms. The lowest BCUT2D eigenvalue weighted by Gasteiger charge is -2.32. The van der Waals surface area contributed by atoms with Gasteiger partial charge in [0.25, 0.3) is 0 Å². The predicted molar refractivity (Wildman–Crippen MR) is 59.9 cm³/mol. The van der Waals surface area contributed by atoms with Gasteiger partial charge in [-0.25, -0.2) is 0 Å². The first-order chi connectivity index (χ1) is 6.17. The molecular formula is C11H26N2. The lowest BCUT2D eigenvalue weighted by atomic mass is 10.1. The Balaban J connectivity index is 4.00. The van der Waals surface area contributed by atoms with E-state index in [-0.39, 0.29) is 0 Å². The zero-order chi connectivity index (χ0) is 10.3. The minimum Gasteiger partial charge on any atom is -0.326 e. The first-order valence-electron chi connectivity index (χ1n) is 5.66. The highest BCUT2D eigenvalue weighted by Gasteiger charge is 2.17. The lowest BCUT2D eigenvalue weighted by Crippen LogP contribution is -2.46. The standard InChI is InChI=1S/C11H26N2/c1-5-8-13(9-6-2)10(4)11(12)7-3/h10-11H,5-9,12H2,1-4H3. The van der Waals surface area contributed by atoms with Gasteiger partial charge in [-0.05, 0) is 39.3 Å². The van der Waals surface area contributed by atoms with E-state index in [1.165, 1.54) is 25.9 Å². The van der Waals surface area contributed by atoms with E-state index in [2.05, 4.69) is 32.6 Å². The molecule has 0 saturated heterocycles. The molecule has 0 aromatic heterocycles. The van der Waals surface area contributed by atoms with Crippen molar-refractivity contribution in [3.8, 4) is 0 Å². The van der Waals surface area contributed by atoms with Crippen molar-refractivity contribution < 1.29 is 0 Å². The van der Waals surface area contributed by atoms with Gasteiger partial charge in [-0.1, -0.05) is 20.8 Å². The van der Waals surface area contributed by atoms with Gasteiger partial charge in [0.1, 0.15) is 0 Å². The largest absolute Gasteiger partial charge is 0.326 e. The van der Waals surface area contributed by atoms with Crippen molar-refractivity contribution in [1.82, 2.24) is 4.90 Å². The van der Waals surface area contributed by atoms with E-state index in [0.29, 0.717) is 12.1 Å². The monoisotopic (exact) mass is 186 g/mol. The van der Waals surface area contributed by atoms with Gasteiger partial charge in [-0.2, -0.15) is 0 Å². The van der Waals surface area contributed by atoms with E-state index in [1.807, 2.05) is 0 Å². The maximum atomic E-state index is 6.04. The zero-order valence-corrected chi connectivity index (χ0v) is 9.71. The molecule has 0 aliphatic carbocycles. The Labute approximate surface area is 83.5 Å². The molecule has 2 atom stereocenters. The van der Waals surface area contributed by atoms with Crippen LogP contribution in [0.3, 0.4) is 0 Å². The smallest absolute Gasteiger partial charge is 0.0218 e. The average molecular weight is 186 g/mol. The van der Waals surface area contributed by atoms with Crippen LogP contribution < -0.4 is 5.73 Å². The Morgan fingerprint density at radius 3 is 1.85 bits per heavy atom. The number of nitrogens with two attached hydrogens (primary N) is 1. The number of nitrogens with zero attached hydrogens (tertiary/aromatic N) is 1. The van der Waals surface area contributed by atoms with Crippen LogP contribution in [0.1, 0.15) is 47.0 Å². The molecule has 0 aliphatic heterocycles. The Morgan fingerprint density at radius 2 is 1.54 bits per heavy atom. The van der Waals surface area contributed by atoms with Crippen molar-refractivity contribution in [2.24, 2.45) is 5.73 Å². The molecule has 2 nitrogen and oxygen atoms in total. The molecule has 13 heavy (non-hydrogen) atoms. The fraction of sp³-hybridized carbons (Fsp3) is 1.00. The maximum absolute atomic E-state index is 6.04. The van der Waals surface area contributed by atoms with Gasteiger partial charge in [0.05, 0.1) is 0 Å². The van der Waals surface area contributed by atoms with E-state index in [9.17, 15) is 0 Å². The fourth-order valence-electron chi connectivity index (χ4n) is 1.71. The average Bonchev–Trinajstić information content (AvgIpc) is 2.15. The van der Waals surface area contributed by atoms with Crippen LogP contribution in [0.5, 0.6) is 0 Å². The number of hydrogen-bond acceptors (Lipinski definition) is 2. The highest BCUT2D eigenvalue weighted by atomic mass is 15.2. The Hall–Kier alpha value is -0.0800. The van der Waals surface area contributed by atoms with E-state index in [4.69, 9.17) is 5.73 Å². The summed E-state index contributed by atoms with van der Waals surface area (Å²) in [5.41, 5.74) is 6.04. The van der Waals surface area contributed by atoms with Crippen LogP contribution in [0.25, 0.3) is 0 Å². The number of rotatable bonds is 7. The first-order valence-corrected chi connectivity index (χ1v) is 5.66. The summed E-state index contributed by atoms with van der Waals surface area (Å²) in [6.45, 7) is 11.2. The van der Waals surface area contributed by atoms with Crippen LogP contribution >= 0.6 is 0 Å². The predicted octanol–water partition coefficient (Wildman–Crippen LogP) is 2.23. The normalized spacial score (nSPS) is 16.2. The number of hydrogen-bond donors (Lipinski definition) is 1. The molecule has 0 amide bonds. The molecule has 0 radical (unpaired) electrons. The van der Waals surface area contributed by atoms with E-state index >= 15 is 0 Å². The van der Waals surface area contributed by atoms with Crippen LogP contribution in [-0.2, 0) is 0 Å². The second-order valence-electron chi connectivity index (χ2n) is 3.85. The Morgan fingerprint density at radius 1 is 1.08 bits per heavy atom. The summed E-state index contributed by atoms with van der Waals surface area (Å²) in [7, 11) is 0. The van der Waals surface area contributed by atoms with Crippen LogP contribution in [0, 0.1) is 0 Å². The Kier molecular flexibility index (Phi) is 7.29. The summed E-state index contributed by atoms with van der Waals surface area (Å²) in [5, 5.41) is 0. The van der Waals surface area contributed by atoms with Gasteiger partial charge in [-0.3, -0.25) is 4.90 Å². The molecule has 0 fully saturated rings. The van der Waals surface area contributed by atoms with Gasteiger partial charge in [0.2, 0.25) is 0 Å². The topological polar surface area (TPSA) is 29.3 Å². The first kappa shape index (κ1) is 12.9. The molecule has 0 aromatic rings. The van der Waals surface area contributed by atoms with Gasteiger partial charge in [0, 0.05) is 12.1 Å². The molecular weight excluding hydrogens is 160 g/mol. The zero-order valence-electron chi connectivity index (χ0n) is 9.71. The van der Waals surface area contributed by atoms with Gasteiger partial charge in [-0.15, -0.1) is 0 Å². The van der Waals surface area contributed by atoms with Crippen molar-refractivity contribution in [3.05, 3.63) is 0 Å². The third-order valence-electron chi connectivity index (χ3n) is 2.69. The molecule has 2 heteroatoms. The SMILES string of the molecule is CCCN(CCC)C(C)C(N)CC. The summed E-state index contributed by atoms with van der Waals surface area (Å²) in [4.78, 5) is 2.51. The third-order valence-corrected chi connectivity index (χ3v) is 2.69. The molecule has 0 rings (SSSR count). The van der Waals surface area contributed by atoms with Crippen molar-refractivity contribution in [2.75, 3.05) is 13.1 Å². The summed E-state index contributed by atoms with van der Waals surface area (Å²) in [6, 6.07) is 0.864. The van der Waals surface area contributed by atoms with Crippen LogP contribution in [-0.4, -0.2) is 30.1 Å². The molecule has 0 aliphatic rings. The van der Waals surface area contributed by atoms with Crippen LogP contribution in [0.4, 0.5) is 0 Å². The molecule has 2 N–H and O–H groups in total. The minimum absolute atomic E-state index is 0.332. The van der Waals surface area contributed by atoms with E-state index in [0.717, 1.165) is 6.42 Å². The highest BCUT2D eigenvalue weighted by Crippen LogP contribution is 2.07. The van der Waals surface area contributed by atoms with Crippen LogP contribution in [0.2, 0.25) is 0 Å². The van der Waals surface area contributed by atoms with Crippen molar-refractivity contribution in [3.63, 3.8) is 0 Å². The second kappa shape index (κ2) is 7.34. The third kappa shape index (κ3) is 4.63. The van der Waals surface area contributed by atoms with E-state index < -0.39 is 0 Å². The van der Waals surface area contributed by atoms with E-state index in [1.54, 1.807) is 0 Å². The summed E-state index contributed by atoms with van der Waals surface area (Å²) in [6.07, 6.45) is 3.52. The summed E-state index contributed by atoms with van der Waals surface area (Å²) < 4.78 is 0. The lowest BCUT2D eigenvalue weighted by molar-refractivity contribution is 0.182. The molecule has 0 heterocycles. The minimum atomic E-state index is 0.332. The van der Waals surface area contributed by atoms with Crippen LogP contribution in [0.15, 0.2) is 0 Å². The molecule has 0 saturated carbocycles. The quantitative estimate of drug-likeness (QED) is 0.660. The van der Waals surface area contributed by atoms with Crippen molar-refractivity contribution in [1.29, 1.82) is 0 Å². The fourth-order valence-corrected chi connectivity index (χ4v) is 1.71. The van der Waals surface area contributed by atoms with Crippen molar-refractivity contribution in [2.45, 2.75) is 59.0 Å². The Bertz CT molecular complexity index is 109. The molecule has 2 unspecified atom stereocenters. The van der Waals surface area contributed by atoms with Gasteiger partial charge >= 0.3 is 0 Å². The van der Waals surface area contributed by atoms with Gasteiger partial charge < -0.3 is 5.73 Å². The highest BCUT2D eigenvalue weighted by molar-refractivity contribution is 4.76. The molecule has 0 bridgehead atoms. The summed E-state index contributed by atoms with van der Waals surface area (Å²) >= 11 is 0. The summed E-state index contributed by atoms with van der Waals surface area (Å²) in [5.74, 6) is 0. The molecule has 80 valence electrons. The van der Waals surface area contributed by atoms with Crippen molar-refractivity contribution >= 4 is 0 Å². The second-order valence-corrected chi connectivity index (χ2v) is 3.85. The maximum Gasteiger partial charge on any atom is 0.0218 e. The molecule has 0 aromatic carbocycles. The van der Waals surface area contributed by atoms with Gasteiger partial charge in [0.15, 0.2) is 0 Å².